The van der Waals surface area contributed by atoms with Crippen LogP contribution in [0.1, 0.15) is 10.4 Å². The van der Waals surface area contributed by atoms with Crippen molar-refractivity contribution < 1.29 is 22.4 Å². The van der Waals surface area contributed by atoms with Crippen LogP contribution in [0.25, 0.3) is 0 Å². The number of amides is 1. The first-order chi connectivity index (χ1) is 9.38. The van der Waals surface area contributed by atoms with E-state index in [0.717, 1.165) is 12.1 Å². The first-order valence-corrected chi connectivity index (χ1v) is 6.08. The first-order valence-electron chi connectivity index (χ1n) is 5.29. The third kappa shape index (κ3) is 2.98. The van der Waals surface area contributed by atoms with Crippen LogP contribution in [0, 0.1) is 23.3 Å². The van der Waals surface area contributed by atoms with Crippen molar-refractivity contribution in [2.45, 2.75) is 0 Å². The van der Waals surface area contributed by atoms with Gasteiger partial charge in [0.05, 0.1) is 5.69 Å². The molecule has 0 radical (unpaired) electrons. The highest BCUT2D eigenvalue weighted by Gasteiger charge is 2.19. The van der Waals surface area contributed by atoms with Gasteiger partial charge >= 0.3 is 0 Å². The summed E-state index contributed by atoms with van der Waals surface area (Å²) in [6, 6.07) is 4.16. The molecule has 0 aliphatic heterocycles. The smallest absolute Gasteiger partial charge is 0.261 e. The summed E-state index contributed by atoms with van der Waals surface area (Å²) in [5, 5.41) is 2.20. The van der Waals surface area contributed by atoms with Gasteiger partial charge in [0, 0.05) is 16.6 Å². The topological polar surface area (TPSA) is 29.1 Å². The van der Waals surface area contributed by atoms with Crippen molar-refractivity contribution in [1.29, 1.82) is 0 Å². The van der Waals surface area contributed by atoms with Crippen molar-refractivity contribution >= 4 is 27.5 Å². The maximum absolute atomic E-state index is 13.4. The van der Waals surface area contributed by atoms with Crippen molar-refractivity contribution in [2.75, 3.05) is 5.32 Å². The van der Waals surface area contributed by atoms with E-state index in [1.807, 2.05) is 0 Å². The molecular weight excluding hydrogens is 342 g/mol. The van der Waals surface area contributed by atoms with Gasteiger partial charge < -0.3 is 5.32 Å². The first kappa shape index (κ1) is 14.5. The Bertz CT molecular complexity index is 667. The third-order valence-electron chi connectivity index (χ3n) is 2.41. The number of carbonyl (C=O) groups excluding carboxylic acids is 1. The van der Waals surface area contributed by atoms with Crippen LogP contribution < -0.4 is 5.32 Å². The summed E-state index contributed by atoms with van der Waals surface area (Å²) in [5.74, 6) is -5.42. The molecular formula is C13H6BrF4NO. The number of carbonyl (C=O) groups is 1. The molecule has 0 spiro atoms. The van der Waals surface area contributed by atoms with Gasteiger partial charge in [-0.1, -0.05) is 0 Å². The van der Waals surface area contributed by atoms with Crippen LogP contribution in [0.4, 0.5) is 23.2 Å². The SMILES string of the molecule is O=C(Nc1ccc(F)cc1Br)c1c(F)cc(F)cc1F. The third-order valence-corrected chi connectivity index (χ3v) is 3.07. The van der Waals surface area contributed by atoms with Crippen LogP contribution in [0.3, 0.4) is 0 Å². The molecule has 104 valence electrons. The standard InChI is InChI=1S/C13H6BrF4NO/c14-8-3-6(15)1-2-11(8)19-13(20)12-9(17)4-7(16)5-10(12)18/h1-5H,(H,19,20). The quantitative estimate of drug-likeness (QED) is 0.808. The molecule has 0 aliphatic carbocycles. The second kappa shape index (κ2) is 5.62. The average Bonchev–Trinajstić information content (AvgIpc) is 2.31. The molecule has 0 saturated carbocycles. The average molecular weight is 348 g/mol. The lowest BCUT2D eigenvalue weighted by Gasteiger charge is -2.09. The lowest BCUT2D eigenvalue weighted by atomic mass is 10.1. The molecule has 0 fully saturated rings. The Balaban J connectivity index is 2.33. The number of rotatable bonds is 2. The Morgan fingerprint density at radius 2 is 1.55 bits per heavy atom. The monoisotopic (exact) mass is 347 g/mol. The van der Waals surface area contributed by atoms with Crippen LogP contribution in [0.5, 0.6) is 0 Å². The minimum atomic E-state index is -1.32. The molecule has 1 N–H and O–H groups in total. The van der Waals surface area contributed by atoms with E-state index in [-0.39, 0.29) is 10.2 Å². The van der Waals surface area contributed by atoms with Crippen molar-refractivity contribution in [2.24, 2.45) is 0 Å². The summed E-state index contributed by atoms with van der Waals surface area (Å²) in [5.41, 5.74) is -0.790. The molecule has 0 heterocycles. The normalized spacial score (nSPS) is 10.4. The summed E-state index contributed by atoms with van der Waals surface area (Å²) >= 11 is 2.99. The van der Waals surface area contributed by atoms with Crippen molar-refractivity contribution in [3.05, 3.63) is 63.6 Å². The van der Waals surface area contributed by atoms with Crippen molar-refractivity contribution in [1.82, 2.24) is 0 Å². The molecule has 0 unspecified atom stereocenters. The number of nitrogens with one attached hydrogen (secondary N) is 1. The van der Waals surface area contributed by atoms with E-state index < -0.39 is 34.7 Å². The van der Waals surface area contributed by atoms with E-state index in [0.29, 0.717) is 12.1 Å². The number of hydrogen-bond acceptors (Lipinski definition) is 1. The van der Waals surface area contributed by atoms with Gasteiger partial charge in [-0.05, 0) is 34.1 Å². The van der Waals surface area contributed by atoms with E-state index >= 15 is 0 Å². The Kier molecular flexibility index (Phi) is 4.08. The van der Waals surface area contributed by atoms with Crippen LogP contribution in [-0.4, -0.2) is 5.91 Å². The minimum Gasteiger partial charge on any atom is -0.321 e. The number of halogens is 5. The summed E-state index contributed by atoms with van der Waals surface area (Å²) in [6.45, 7) is 0. The summed E-state index contributed by atoms with van der Waals surface area (Å²) < 4.78 is 52.7. The van der Waals surface area contributed by atoms with E-state index in [9.17, 15) is 22.4 Å². The molecule has 1 amide bonds. The van der Waals surface area contributed by atoms with Crippen molar-refractivity contribution in [3.63, 3.8) is 0 Å². The highest BCUT2D eigenvalue weighted by molar-refractivity contribution is 9.10. The van der Waals surface area contributed by atoms with E-state index in [4.69, 9.17) is 0 Å². The Hall–Kier alpha value is -1.89. The number of anilines is 1. The zero-order valence-corrected chi connectivity index (χ0v) is 11.3. The maximum Gasteiger partial charge on any atom is 0.261 e. The predicted molar refractivity (Wildman–Crippen MR) is 68.4 cm³/mol. The fourth-order valence-corrected chi connectivity index (χ4v) is 1.98. The van der Waals surface area contributed by atoms with Gasteiger partial charge in [0.15, 0.2) is 0 Å². The molecule has 7 heteroatoms. The zero-order valence-electron chi connectivity index (χ0n) is 9.68. The Labute approximate surface area is 119 Å². The van der Waals surface area contributed by atoms with Crippen LogP contribution in [-0.2, 0) is 0 Å². The van der Waals surface area contributed by atoms with E-state index in [1.165, 1.54) is 6.07 Å². The number of hydrogen-bond donors (Lipinski definition) is 1. The lowest BCUT2D eigenvalue weighted by Crippen LogP contribution is -2.16. The van der Waals surface area contributed by atoms with Crippen molar-refractivity contribution in [3.8, 4) is 0 Å². The molecule has 0 saturated heterocycles. The molecule has 0 aliphatic rings. The largest absolute Gasteiger partial charge is 0.321 e. The van der Waals surface area contributed by atoms with Gasteiger partial charge in [-0.3, -0.25) is 4.79 Å². The summed E-state index contributed by atoms with van der Waals surface area (Å²) in [6.07, 6.45) is 0. The molecule has 0 aromatic heterocycles. The maximum atomic E-state index is 13.4. The molecule has 2 aromatic rings. The van der Waals surface area contributed by atoms with Gasteiger partial charge in [0.2, 0.25) is 0 Å². The fourth-order valence-electron chi connectivity index (χ4n) is 1.53. The van der Waals surface area contributed by atoms with Gasteiger partial charge in [-0.25, -0.2) is 17.6 Å². The molecule has 0 bridgehead atoms. The molecule has 2 aromatic carbocycles. The zero-order chi connectivity index (χ0) is 14.9. The van der Waals surface area contributed by atoms with Crippen LogP contribution >= 0.6 is 15.9 Å². The molecule has 20 heavy (non-hydrogen) atoms. The molecule has 0 atom stereocenters. The van der Waals surface area contributed by atoms with E-state index in [2.05, 4.69) is 21.2 Å². The van der Waals surface area contributed by atoms with Gasteiger partial charge in [0.1, 0.15) is 28.8 Å². The second-order valence-electron chi connectivity index (χ2n) is 3.82. The van der Waals surface area contributed by atoms with E-state index in [1.54, 1.807) is 0 Å². The molecule has 2 nitrogen and oxygen atoms in total. The van der Waals surface area contributed by atoms with Gasteiger partial charge in [-0.15, -0.1) is 0 Å². The van der Waals surface area contributed by atoms with Crippen LogP contribution in [0.15, 0.2) is 34.8 Å². The Morgan fingerprint density at radius 1 is 0.950 bits per heavy atom. The lowest BCUT2D eigenvalue weighted by molar-refractivity contribution is 0.101. The van der Waals surface area contributed by atoms with Gasteiger partial charge in [-0.2, -0.15) is 0 Å². The summed E-state index contributed by atoms with van der Waals surface area (Å²) in [7, 11) is 0. The predicted octanol–water partition coefficient (Wildman–Crippen LogP) is 4.26. The number of benzene rings is 2. The Morgan fingerprint density at radius 3 is 2.10 bits per heavy atom. The second-order valence-corrected chi connectivity index (χ2v) is 4.68. The fraction of sp³-hybridized carbons (Fsp3) is 0. The minimum absolute atomic E-state index is 0.125. The highest BCUT2D eigenvalue weighted by atomic mass is 79.9. The highest BCUT2D eigenvalue weighted by Crippen LogP contribution is 2.24. The molecule has 2 rings (SSSR count). The summed E-state index contributed by atoms with van der Waals surface area (Å²) in [4.78, 5) is 11.8. The van der Waals surface area contributed by atoms with Gasteiger partial charge in [0.25, 0.3) is 5.91 Å². The van der Waals surface area contributed by atoms with Crippen LogP contribution in [0.2, 0.25) is 0 Å².